The number of benzene rings is 1. The Balaban J connectivity index is 1.55. The van der Waals surface area contributed by atoms with E-state index < -0.39 is 0 Å². The molecule has 4 nitrogen and oxygen atoms in total. The first kappa shape index (κ1) is 13.0. The molecule has 2 aliphatic carbocycles. The summed E-state index contributed by atoms with van der Waals surface area (Å²) in [5, 5.41) is 10.8. The molecule has 1 fully saturated rings. The van der Waals surface area contributed by atoms with Crippen LogP contribution in [-0.2, 0) is 12.8 Å². The lowest BCUT2D eigenvalue weighted by atomic mass is 9.94. The number of fused-ring (bicyclic) bond motifs is 3. The fraction of sp³-hybridized carbons (Fsp3) is 0.529. The zero-order valence-corrected chi connectivity index (χ0v) is 12.4. The minimum absolute atomic E-state index is 0.238. The number of hydrogen-bond donors (Lipinski definition) is 2. The lowest BCUT2D eigenvalue weighted by Crippen LogP contribution is -2.39. The Morgan fingerprint density at radius 1 is 1.14 bits per heavy atom. The van der Waals surface area contributed by atoms with Crippen LogP contribution in [0.15, 0.2) is 30.6 Å². The van der Waals surface area contributed by atoms with Gasteiger partial charge in [0.15, 0.2) is 0 Å². The first-order valence-electron chi connectivity index (χ1n) is 7.99. The van der Waals surface area contributed by atoms with Crippen molar-refractivity contribution in [3.63, 3.8) is 0 Å². The second kappa shape index (κ2) is 5.26. The van der Waals surface area contributed by atoms with Crippen LogP contribution in [0.25, 0.3) is 0 Å². The average molecular weight is 282 g/mol. The van der Waals surface area contributed by atoms with E-state index in [1.54, 1.807) is 17.5 Å². The van der Waals surface area contributed by atoms with Crippen LogP contribution in [0.4, 0.5) is 0 Å². The van der Waals surface area contributed by atoms with Gasteiger partial charge >= 0.3 is 0 Å². The molecule has 21 heavy (non-hydrogen) atoms. The maximum absolute atomic E-state index is 4.29. The second-order valence-electron chi connectivity index (χ2n) is 6.56. The highest BCUT2D eigenvalue weighted by Gasteiger charge is 2.39. The zero-order chi connectivity index (χ0) is 14.2. The molecule has 0 spiro atoms. The maximum atomic E-state index is 4.29. The van der Waals surface area contributed by atoms with Crippen LogP contribution in [0.1, 0.15) is 42.8 Å². The molecule has 1 heterocycles. The fourth-order valence-corrected chi connectivity index (χ4v) is 4.21. The van der Waals surface area contributed by atoms with Crippen molar-refractivity contribution in [2.24, 2.45) is 11.8 Å². The summed E-state index contributed by atoms with van der Waals surface area (Å²) in [7, 11) is 0. The third-order valence-corrected chi connectivity index (χ3v) is 5.29. The molecular weight excluding hydrogens is 260 g/mol. The molecule has 0 saturated heterocycles. The largest absolute Gasteiger partial charge is 0.304 e. The summed E-state index contributed by atoms with van der Waals surface area (Å²) in [4.78, 5) is 4.29. The molecule has 0 radical (unpaired) electrons. The quantitative estimate of drug-likeness (QED) is 0.910. The monoisotopic (exact) mass is 282 g/mol. The van der Waals surface area contributed by atoms with Gasteiger partial charge in [0.05, 0.1) is 6.04 Å². The molecule has 3 unspecified atom stereocenters. The van der Waals surface area contributed by atoms with Crippen LogP contribution in [0, 0.1) is 11.8 Å². The Morgan fingerprint density at radius 3 is 2.38 bits per heavy atom. The molecule has 0 aliphatic heterocycles. The summed E-state index contributed by atoms with van der Waals surface area (Å²) in [6.45, 7) is 2.18. The molecule has 2 aliphatic rings. The summed E-state index contributed by atoms with van der Waals surface area (Å²) in [5.41, 5.74) is 3.12. The van der Waals surface area contributed by atoms with Crippen molar-refractivity contribution >= 4 is 0 Å². The third kappa shape index (κ3) is 2.38. The van der Waals surface area contributed by atoms with Crippen molar-refractivity contribution in [2.75, 3.05) is 0 Å². The first-order valence-corrected chi connectivity index (χ1v) is 7.99. The Hall–Kier alpha value is -1.68. The van der Waals surface area contributed by atoms with Gasteiger partial charge in [-0.3, -0.25) is 5.10 Å². The van der Waals surface area contributed by atoms with Crippen LogP contribution < -0.4 is 5.32 Å². The van der Waals surface area contributed by atoms with E-state index in [2.05, 4.69) is 51.7 Å². The topological polar surface area (TPSA) is 53.6 Å². The fourth-order valence-electron chi connectivity index (χ4n) is 4.21. The predicted octanol–water partition coefficient (Wildman–Crippen LogP) is 2.65. The number of aromatic amines is 1. The highest BCUT2D eigenvalue weighted by atomic mass is 15.2. The minimum Gasteiger partial charge on any atom is -0.304 e. The number of nitrogens with one attached hydrogen (secondary N) is 2. The second-order valence-corrected chi connectivity index (χ2v) is 6.56. The van der Waals surface area contributed by atoms with Crippen molar-refractivity contribution in [1.29, 1.82) is 0 Å². The van der Waals surface area contributed by atoms with Crippen LogP contribution in [0.2, 0.25) is 0 Å². The Kier molecular flexibility index (Phi) is 3.26. The van der Waals surface area contributed by atoms with Crippen molar-refractivity contribution in [3.05, 3.63) is 47.5 Å². The average Bonchev–Trinajstić information content (AvgIpc) is 3.08. The molecule has 2 aromatic rings. The number of aromatic nitrogens is 3. The van der Waals surface area contributed by atoms with Gasteiger partial charge in [0.2, 0.25) is 0 Å². The van der Waals surface area contributed by atoms with E-state index in [0.717, 1.165) is 17.7 Å². The third-order valence-electron chi connectivity index (χ3n) is 5.29. The summed E-state index contributed by atoms with van der Waals surface area (Å²) in [5.74, 6) is 2.45. The lowest BCUT2D eigenvalue weighted by Gasteiger charge is -2.26. The number of nitrogens with zero attached hydrogens (tertiary/aromatic N) is 2. The van der Waals surface area contributed by atoms with Gasteiger partial charge < -0.3 is 5.32 Å². The van der Waals surface area contributed by atoms with Crippen LogP contribution in [0.3, 0.4) is 0 Å². The Morgan fingerprint density at radius 2 is 1.81 bits per heavy atom. The molecule has 2 N–H and O–H groups in total. The van der Waals surface area contributed by atoms with Gasteiger partial charge in [-0.15, -0.1) is 0 Å². The SMILES string of the molecule is CC(NC1C2CCC1Cc1ccccc1C2)c1ncn[nH]1. The molecule has 2 bridgehead atoms. The highest BCUT2D eigenvalue weighted by Crippen LogP contribution is 2.40. The normalized spacial score (nSPS) is 28.9. The van der Waals surface area contributed by atoms with Gasteiger partial charge in [0.25, 0.3) is 0 Å². The van der Waals surface area contributed by atoms with E-state index in [-0.39, 0.29) is 6.04 Å². The van der Waals surface area contributed by atoms with E-state index in [9.17, 15) is 0 Å². The summed E-state index contributed by atoms with van der Waals surface area (Å²) in [6.07, 6.45) is 6.71. The number of H-pyrrole nitrogens is 1. The van der Waals surface area contributed by atoms with Crippen molar-refractivity contribution in [1.82, 2.24) is 20.5 Å². The molecule has 1 saturated carbocycles. The van der Waals surface area contributed by atoms with Gasteiger partial charge in [0.1, 0.15) is 12.2 Å². The van der Waals surface area contributed by atoms with E-state index in [1.165, 1.54) is 25.7 Å². The smallest absolute Gasteiger partial charge is 0.141 e. The molecule has 110 valence electrons. The van der Waals surface area contributed by atoms with E-state index >= 15 is 0 Å². The molecule has 3 atom stereocenters. The zero-order valence-electron chi connectivity index (χ0n) is 12.4. The standard InChI is InChI=1S/C17H22N4/c1-11(17-18-10-19-21-17)20-16-14-6-7-15(16)9-13-5-3-2-4-12(13)8-14/h2-5,10-11,14-16,20H,6-9H2,1H3,(H,18,19,21). The van der Waals surface area contributed by atoms with Gasteiger partial charge in [-0.05, 0) is 55.6 Å². The minimum atomic E-state index is 0.238. The van der Waals surface area contributed by atoms with Crippen LogP contribution >= 0.6 is 0 Å². The van der Waals surface area contributed by atoms with E-state index in [4.69, 9.17) is 0 Å². The van der Waals surface area contributed by atoms with Crippen molar-refractivity contribution in [3.8, 4) is 0 Å². The molecular formula is C17H22N4. The van der Waals surface area contributed by atoms with Gasteiger partial charge in [-0.2, -0.15) is 5.10 Å². The summed E-state index contributed by atoms with van der Waals surface area (Å²) >= 11 is 0. The molecule has 4 rings (SSSR count). The number of rotatable bonds is 3. The lowest BCUT2D eigenvalue weighted by molar-refractivity contribution is 0.310. The van der Waals surface area contributed by atoms with E-state index in [1.807, 2.05) is 0 Å². The number of hydrogen-bond acceptors (Lipinski definition) is 3. The molecule has 4 heteroatoms. The molecule has 1 aromatic heterocycles. The van der Waals surface area contributed by atoms with Gasteiger partial charge in [-0.25, -0.2) is 4.98 Å². The summed E-state index contributed by atoms with van der Waals surface area (Å²) in [6, 6.07) is 9.81. The van der Waals surface area contributed by atoms with Gasteiger partial charge in [0, 0.05) is 6.04 Å². The van der Waals surface area contributed by atoms with E-state index in [0.29, 0.717) is 6.04 Å². The Labute approximate surface area is 125 Å². The Bertz CT molecular complexity index is 574. The maximum Gasteiger partial charge on any atom is 0.141 e. The van der Waals surface area contributed by atoms with Crippen LogP contribution in [0.5, 0.6) is 0 Å². The first-order chi connectivity index (χ1) is 10.3. The molecule has 1 aromatic carbocycles. The predicted molar refractivity (Wildman–Crippen MR) is 81.8 cm³/mol. The van der Waals surface area contributed by atoms with Gasteiger partial charge in [-0.1, -0.05) is 24.3 Å². The molecule has 0 amide bonds. The van der Waals surface area contributed by atoms with Crippen molar-refractivity contribution < 1.29 is 0 Å². The van der Waals surface area contributed by atoms with Crippen molar-refractivity contribution in [2.45, 2.75) is 44.7 Å². The summed E-state index contributed by atoms with van der Waals surface area (Å²) < 4.78 is 0. The van der Waals surface area contributed by atoms with Crippen LogP contribution in [-0.4, -0.2) is 21.2 Å². The highest BCUT2D eigenvalue weighted by molar-refractivity contribution is 5.30.